The summed E-state index contributed by atoms with van der Waals surface area (Å²) in [4.78, 5) is 0. The molecule has 1 heterocycles. The van der Waals surface area contributed by atoms with Gasteiger partial charge in [-0.15, -0.1) is 6.04 Å². The van der Waals surface area contributed by atoms with Gasteiger partial charge >= 0.3 is 0 Å². The van der Waals surface area contributed by atoms with Gasteiger partial charge in [0.15, 0.2) is 0 Å². The van der Waals surface area contributed by atoms with Crippen LogP contribution in [0.25, 0.3) is 5.73 Å². The molecule has 0 aliphatic carbocycles. The number of hydrogen-bond donors (Lipinski definition) is 1. The van der Waals surface area contributed by atoms with Gasteiger partial charge in [0.05, 0.1) is 0 Å². The Kier molecular flexibility index (Phi) is 3.86. The summed E-state index contributed by atoms with van der Waals surface area (Å²) < 4.78 is 0. The molecule has 1 atom stereocenters. The fourth-order valence-electron chi connectivity index (χ4n) is 0.655. The third-order valence-corrected chi connectivity index (χ3v) is 1.06. The largest absolute Gasteiger partial charge is 0.674 e. The topological polar surface area (TPSA) is 35.8 Å². The summed E-state index contributed by atoms with van der Waals surface area (Å²) in [5.41, 5.74) is 7.07. The third-order valence-electron chi connectivity index (χ3n) is 1.06. The molecule has 0 bridgehead atoms. The Bertz CT molecular complexity index is 43.0. The van der Waals surface area contributed by atoms with Crippen molar-refractivity contribution in [2.45, 2.75) is 12.5 Å². The molecule has 1 saturated heterocycles. The second kappa shape index (κ2) is 3.57. The van der Waals surface area contributed by atoms with Gasteiger partial charge in [0.25, 0.3) is 0 Å². The number of rotatable bonds is 0. The van der Waals surface area contributed by atoms with E-state index in [-0.39, 0.29) is 26.5 Å². The van der Waals surface area contributed by atoms with E-state index in [0.717, 1.165) is 19.5 Å². The van der Waals surface area contributed by atoms with Crippen LogP contribution in [0.1, 0.15) is 6.42 Å². The Morgan fingerprint density at radius 2 is 2.29 bits per heavy atom. The van der Waals surface area contributed by atoms with Crippen LogP contribution in [0.4, 0.5) is 0 Å². The predicted molar refractivity (Wildman–Crippen MR) is 25.6 cm³/mol. The van der Waals surface area contributed by atoms with Crippen molar-refractivity contribution in [3.05, 3.63) is 5.73 Å². The number of hydrogen-bond acceptors (Lipinski definition) is 1. The third kappa shape index (κ3) is 2.40. The Balaban J connectivity index is 0.000000360. The van der Waals surface area contributed by atoms with Gasteiger partial charge in [-0.05, 0) is 13.1 Å². The van der Waals surface area contributed by atoms with Crippen molar-refractivity contribution in [2.24, 2.45) is 0 Å². The second-order valence-electron chi connectivity index (χ2n) is 1.69. The van der Waals surface area contributed by atoms with Crippen molar-refractivity contribution in [3.63, 3.8) is 0 Å². The van der Waals surface area contributed by atoms with E-state index in [1.807, 2.05) is 0 Å². The first-order valence-electron chi connectivity index (χ1n) is 2.31. The van der Waals surface area contributed by atoms with E-state index in [2.05, 4.69) is 5.32 Å². The fourth-order valence-corrected chi connectivity index (χ4v) is 0.655. The van der Waals surface area contributed by atoms with Crippen LogP contribution in [0.5, 0.6) is 0 Å². The molecule has 1 rings (SSSR count). The van der Waals surface area contributed by atoms with E-state index in [4.69, 9.17) is 5.73 Å². The van der Waals surface area contributed by atoms with E-state index >= 15 is 0 Å². The predicted octanol–water partition coefficient (Wildman–Crippen LogP) is 0.398. The van der Waals surface area contributed by atoms with Crippen LogP contribution in [0.15, 0.2) is 0 Å². The molecule has 0 spiro atoms. The molecule has 7 heavy (non-hydrogen) atoms. The summed E-state index contributed by atoms with van der Waals surface area (Å²) in [5.74, 6) is 0. The van der Waals surface area contributed by atoms with E-state index in [1.165, 1.54) is 0 Å². The summed E-state index contributed by atoms with van der Waals surface area (Å²) >= 11 is 0. The first kappa shape index (κ1) is 7.58. The Morgan fingerprint density at radius 3 is 2.43 bits per heavy atom. The molecule has 43 valence electrons. The average Bonchev–Trinajstić information content (AvgIpc) is 1.86. The molecule has 2 N–H and O–H groups in total. The molecule has 1 fully saturated rings. The molecular formula is C4H9N2Re-. The molecule has 2 nitrogen and oxygen atoms in total. The molecule has 0 aromatic heterocycles. The molecule has 1 aliphatic heterocycles. The van der Waals surface area contributed by atoms with Gasteiger partial charge in [0, 0.05) is 20.4 Å². The summed E-state index contributed by atoms with van der Waals surface area (Å²) in [5, 5.41) is 3.08. The minimum absolute atomic E-state index is 0. The molecule has 0 amide bonds. The molecule has 0 aromatic rings. The summed E-state index contributed by atoms with van der Waals surface area (Å²) in [6, 6.07) is 0.185. The minimum Gasteiger partial charge on any atom is -0.674 e. The van der Waals surface area contributed by atoms with Crippen LogP contribution in [0.2, 0.25) is 0 Å². The van der Waals surface area contributed by atoms with E-state index in [9.17, 15) is 0 Å². The smallest absolute Gasteiger partial charge is 0 e. The second-order valence-corrected chi connectivity index (χ2v) is 1.69. The SMILES string of the molecule is [NH-]C1CCNC1.[Re]. The molecular weight excluding hydrogens is 262 g/mol. The van der Waals surface area contributed by atoms with Gasteiger partial charge in [-0.2, -0.15) is 0 Å². The van der Waals surface area contributed by atoms with Crippen LogP contribution in [-0.2, 0) is 20.4 Å². The zero-order valence-electron chi connectivity index (χ0n) is 4.08. The van der Waals surface area contributed by atoms with Gasteiger partial charge in [-0.3, -0.25) is 0 Å². The van der Waals surface area contributed by atoms with Crippen molar-refractivity contribution < 1.29 is 20.4 Å². The van der Waals surface area contributed by atoms with Gasteiger partial charge in [-0.25, -0.2) is 0 Å². The zero-order chi connectivity index (χ0) is 4.41. The monoisotopic (exact) mass is 272 g/mol. The van der Waals surface area contributed by atoms with Crippen LogP contribution < -0.4 is 5.32 Å². The zero-order valence-corrected chi connectivity index (χ0v) is 6.79. The van der Waals surface area contributed by atoms with Gasteiger partial charge in [0.1, 0.15) is 0 Å². The van der Waals surface area contributed by atoms with Crippen molar-refractivity contribution in [3.8, 4) is 0 Å². The molecule has 0 saturated carbocycles. The Hall–Kier alpha value is 0.582. The molecule has 1 aliphatic rings. The van der Waals surface area contributed by atoms with E-state index in [1.54, 1.807) is 0 Å². The van der Waals surface area contributed by atoms with Crippen LogP contribution in [0.3, 0.4) is 0 Å². The van der Waals surface area contributed by atoms with Crippen molar-refractivity contribution in [1.82, 2.24) is 5.32 Å². The van der Waals surface area contributed by atoms with Crippen molar-refractivity contribution >= 4 is 0 Å². The number of nitrogens with one attached hydrogen (secondary N) is 2. The van der Waals surface area contributed by atoms with E-state index in [0.29, 0.717) is 0 Å². The summed E-state index contributed by atoms with van der Waals surface area (Å²) in [6.45, 7) is 1.95. The standard InChI is InChI=1S/C4H9N2.Re/c5-4-1-2-6-3-4;/h4-6H,1-3H2;/q-1;. The fraction of sp³-hybridized carbons (Fsp3) is 1.00. The average molecular weight is 271 g/mol. The van der Waals surface area contributed by atoms with Crippen molar-refractivity contribution in [1.29, 1.82) is 0 Å². The first-order chi connectivity index (χ1) is 2.89. The quantitative estimate of drug-likeness (QED) is 0.680. The maximum absolute atomic E-state index is 7.07. The molecule has 1 unspecified atom stereocenters. The normalized spacial score (nSPS) is 29.6. The summed E-state index contributed by atoms with van der Waals surface area (Å²) in [6.07, 6.45) is 1.04. The maximum Gasteiger partial charge on any atom is 0 e. The maximum atomic E-state index is 7.07. The Labute approximate surface area is 57.5 Å². The first-order valence-corrected chi connectivity index (χ1v) is 2.31. The summed E-state index contributed by atoms with van der Waals surface area (Å²) in [7, 11) is 0. The van der Waals surface area contributed by atoms with Crippen LogP contribution >= 0.6 is 0 Å². The van der Waals surface area contributed by atoms with Gasteiger partial charge in [0.2, 0.25) is 0 Å². The van der Waals surface area contributed by atoms with Gasteiger partial charge < -0.3 is 11.1 Å². The van der Waals surface area contributed by atoms with Crippen LogP contribution in [0, 0.1) is 0 Å². The molecule has 0 aromatic carbocycles. The van der Waals surface area contributed by atoms with E-state index < -0.39 is 0 Å². The molecule has 3 heteroatoms. The van der Waals surface area contributed by atoms with Crippen molar-refractivity contribution in [2.75, 3.05) is 13.1 Å². The van der Waals surface area contributed by atoms with Gasteiger partial charge in [-0.1, -0.05) is 6.42 Å². The Morgan fingerprint density at radius 1 is 1.57 bits per heavy atom. The van der Waals surface area contributed by atoms with Crippen LogP contribution in [-0.4, -0.2) is 19.1 Å². The minimum atomic E-state index is 0. The molecule has 1 radical (unpaired) electrons.